The summed E-state index contributed by atoms with van der Waals surface area (Å²) in [4.78, 5) is 24.2. The molecule has 1 N–H and O–H groups in total. The summed E-state index contributed by atoms with van der Waals surface area (Å²) in [6, 6.07) is 5.10. The van der Waals surface area contributed by atoms with Crippen molar-refractivity contribution in [2.45, 2.75) is 13.8 Å². The highest BCUT2D eigenvalue weighted by Gasteiger charge is 2.22. The van der Waals surface area contributed by atoms with Crippen molar-refractivity contribution < 1.29 is 23.3 Å². The second-order valence-corrected chi connectivity index (χ2v) is 4.97. The lowest BCUT2D eigenvalue weighted by Crippen LogP contribution is -2.13. The van der Waals surface area contributed by atoms with E-state index < -0.39 is 5.91 Å². The van der Waals surface area contributed by atoms with Crippen molar-refractivity contribution in [2.75, 3.05) is 12.4 Å². The molecule has 0 aliphatic heterocycles. The Labute approximate surface area is 131 Å². The first kappa shape index (κ1) is 14.8. The highest BCUT2D eigenvalue weighted by molar-refractivity contribution is 6.14. The number of methoxy groups -OCH3 is 1. The Morgan fingerprint density at radius 2 is 2.09 bits per heavy atom. The molecular weight excluding hydrogens is 300 g/mol. The first-order valence-corrected chi connectivity index (χ1v) is 6.85. The molecule has 0 radical (unpaired) electrons. The van der Waals surface area contributed by atoms with E-state index in [1.165, 1.54) is 20.2 Å². The molecule has 7 nitrogen and oxygen atoms in total. The molecule has 0 saturated heterocycles. The average molecular weight is 314 g/mol. The number of fused-ring (bicyclic) bond motifs is 1. The van der Waals surface area contributed by atoms with Crippen molar-refractivity contribution in [2.24, 2.45) is 0 Å². The van der Waals surface area contributed by atoms with E-state index >= 15 is 0 Å². The number of benzene rings is 1. The number of carbonyl (C=O) groups is 2. The number of nitrogens with zero attached hydrogens (tertiary/aromatic N) is 1. The maximum Gasteiger partial charge on any atom is 0.261 e. The van der Waals surface area contributed by atoms with Crippen LogP contribution >= 0.6 is 0 Å². The van der Waals surface area contributed by atoms with Gasteiger partial charge in [-0.15, -0.1) is 0 Å². The zero-order chi connectivity index (χ0) is 16.6. The molecule has 2 aromatic heterocycles. The van der Waals surface area contributed by atoms with Gasteiger partial charge in [-0.2, -0.15) is 0 Å². The smallest absolute Gasteiger partial charge is 0.261 e. The highest BCUT2D eigenvalue weighted by atomic mass is 16.5. The predicted molar refractivity (Wildman–Crippen MR) is 82.0 cm³/mol. The first-order valence-electron chi connectivity index (χ1n) is 6.85. The van der Waals surface area contributed by atoms with Crippen molar-refractivity contribution in [1.29, 1.82) is 0 Å². The van der Waals surface area contributed by atoms with Crippen molar-refractivity contribution in [3.8, 4) is 5.75 Å². The minimum atomic E-state index is -0.426. The molecule has 0 spiro atoms. The Hall–Kier alpha value is -3.09. The van der Waals surface area contributed by atoms with Gasteiger partial charge in [0.05, 0.1) is 19.0 Å². The summed E-state index contributed by atoms with van der Waals surface area (Å²) in [5.74, 6) is 0.341. The van der Waals surface area contributed by atoms with Gasteiger partial charge in [0.1, 0.15) is 22.7 Å². The number of aryl methyl sites for hydroxylation is 1. The van der Waals surface area contributed by atoms with E-state index in [1.54, 1.807) is 25.1 Å². The molecule has 0 fully saturated rings. The van der Waals surface area contributed by atoms with Gasteiger partial charge in [0, 0.05) is 18.4 Å². The van der Waals surface area contributed by atoms with Gasteiger partial charge in [-0.05, 0) is 19.1 Å². The maximum absolute atomic E-state index is 12.3. The SMILES string of the molecule is COc1ccc2c(NC(=O)c3cnoc3C)c(C(C)=O)oc2c1. The number of nitrogens with one attached hydrogen (secondary N) is 1. The topological polar surface area (TPSA) is 94.6 Å². The molecule has 0 bridgehead atoms. The summed E-state index contributed by atoms with van der Waals surface area (Å²) in [6.07, 6.45) is 1.32. The Morgan fingerprint density at radius 1 is 1.30 bits per heavy atom. The number of Topliss-reactive ketones (excluding diaryl/α,β-unsaturated/α-hetero) is 1. The Bertz CT molecular complexity index is 906. The normalized spacial score (nSPS) is 10.7. The average Bonchev–Trinajstić information content (AvgIpc) is 3.10. The van der Waals surface area contributed by atoms with Crippen molar-refractivity contribution in [3.05, 3.63) is 41.5 Å². The van der Waals surface area contributed by atoms with E-state index in [9.17, 15) is 9.59 Å². The molecule has 0 unspecified atom stereocenters. The van der Waals surface area contributed by atoms with E-state index in [0.29, 0.717) is 33.7 Å². The van der Waals surface area contributed by atoms with Crippen LogP contribution in [0.4, 0.5) is 5.69 Å². The number of ketones is 1. The van der Waals surface area contributed by atoms with E-state index in [4.69, 9.17) is 13.7 Å². The third-order valence-corrected chi connectivity index (χ3v) is 3.45. The second-order valence-electron chi connectivity index (χ2n) is 4.97. The summed E-state index contributed by atoms with van der Waals surface area (Å²) in [6.45, 7) is 3.00. The first-order chi connectivity index (χ1) is 11.0. The van der Waals surface area contributed by atoms with Crippen LogP contribution in [0.3, 0.4) is 0 Å². The Kier molecular flexibility index (Phi) is 3.61. The van der Waals surface area contributed by atoms with Crippen molar-refractivity contribution in [3.63, 3.8) is 0 Å². The van der Waals surface area contributed by atoms with E-state index in [1.807, 2.05) is 0 Å². The van der Waals surface area contributed by atoms with Crippen LogP contribution in [0.1, 0.15) is 33.6 Å². The van der Waals surface area contributed by atoms with Gasteiger partial charge >= 0.3 is 0 Å². The lowest BCUT2D eigenvalue weighted by atomic mass is 10.1. The number of amides is 1. The van der Waals surface area contributed by atoms with Gasteiger partial charge in [0.15, 0.2) is 11.5 Å². The minimum Gasteiger partial charge on any atom is -0.497 e. The van der Waals surface area contributed by atoms with Crippen LogP contribution in [-0.4, -0.2) is 24.0 Å². The zero-order valence-corrected chi connectivity index (χ0v) is 12.8. The summed E-state index contributed by atoms with van der Waals surface area (Å²) in [5, 5.41) is 6.88. The highest BCUT2D eigenvalue weighted by Crippen LogP contribution is 2.34. The monoisotopic (exact) mass is 314 g/mol. The molecule has 0 aliphatic rings. The molecule has 7 heteroatoms. The van der Waals surface area contributed by atoms with Crippen molar-refractivity contribution in [1.82, 2.24) is 5.16 Å². The fourth-order valence-corrected chi connectivity index (χ4v) is 2.27. The third kappa shape index (κ3) is 2.57. The third-order valence-electron chi connectivity index (χ3n) is 3.45. The second kappa shape index (κ2) is 5.60. The van der Waals surface area contributed by atoms with Crippen LogP contribution in [0.25, 0.3) is 11.0 Å². The number of hydrogen-bond acceptors (Lipinski definition) is 6. The summed E-state index contributed by atoms with van der Waals surface area (Å²) in [5.41, 5.74) is 1.06. The number of rotatable bonds is 4. The van der Waals surface area contributed by atoms with Crippen LogP contribution < -0.4 is 10.1 Å². The van der Waals surface area contributed by atoms with Crippen LogP contribution in [0.2, 0.25) is 0 Å². The molecule has 23 heavy (non-hydrogen) atoms. The van der Waals surface area contributed by atoms with Crippen molar-refractivity contribution >= 4 is 28.3 Å². The van der Waals surface area contributed by atoms with Gasteiger partial charge in [-0.3, -0.25) is 9.59 Å². The fraction of sp³-hybridized carbons (Fsp3) is 0.188. The zero-order valence-electron chi connectivity index (χ0n) is 12.8. The molecule has 118 valence electrons. The molecule has 0 atom stereocenters. The minimum absolute atomic E-state index is 0.0794. The van der Waals surface area contributed by atoms with Gasteiger partial charge in [-0.1, -0.05) is 5.16 Å². The standard InChI is InChI=1S/C16H14N2O5/c1-8(19)15-14(18-16(20)12-7-17-23-9(12)2)11-5-4-10(21-3)6-13(11)22-15/h4-7H,1-3H3,(H,18,20). The molecule has 0 saturated carbocycles. The molecule has 0 aliphatic carbocycles. The van der Waals surface area contributed by atoms with Gasteiger partial charge in [0.25, 0.3) is 5.91 Å². The quantitative estimate of drug-likeness (QED) is 0.743. The van der Waals surface area contributed by atoms with Gasteiger partial charge in [-0.25, -0.2) is 0 Å². The molecule has 3 aromatic rings. The van der Waals surface area contributed by atoms with E-state index in [0.717, 1.165) is 0 Å². The van der Waals surface area contributed by atoms with E-state index in [-0.39, 0.29) is 11.5 Å². The molecule has 1 amide bonds. The van der Waals surface area contributed by atoms with Crippen LogP contribution in [0.15, 0.2) is 33.3 Å². The number of hydrogen-bond donors (Lipinski definition) is 1. The Morgan fingerprint density at radius 3 is 2.70 bits per heavy atom. The largest absolute Gasteiger partial charge is 0.497 e. The maximum atomic E-state index is 12.3. The number of ether oxygens (including phenoxy) is 1. The fourth-order valence-electron chi connectivity index (χ4n) is 2.27. The lowest BCUT2D eigenvalue weighted by molar-refractivity contribution is 0.0990. The lowest BCUT2D eigenvalue weighted by Gasteiger charge is -2.04. The van der Waals surface area contributed by atoms with Crippen LogP contribution in [-0.2, 0) is 0 Å². The molecule has 2 heterocycles. The van der Waals surface area contributed by atoms with E-state index in [2.05, 4.69) is 10.5 Å². The van der Waals surface area contributed by atoms with Gasteiger partial charge < -0.3 is 19.0 Å². The number of aromatic nitrogens is 1. The number of anilines is 1. The predicted octanol–water partition coefficient (Wildman–Crippen LogP) is 3.19. The summed E-state index contributed by atoms with van der Waals surface area (Å²) in [7, 11) is 1.54. The summed E-state index contributed by atoms with van der Waals surface area (Å²) >= 11 is 0. The number of carbonyl (C=O) groups excluding carboxylic acids is 2. The van der Waals surface area contributed by atoms with Gasteiger partial charge in [0.2, 0.25) is 0 Å². The van der Waals surface area contributed by atoms with Crippen LogP contribution in [0, 0.1) is 6.92 Å². The molecule has 3 rings (SSSR count). The molecule has 1 aromatic carbocycles. The summed E-state index contributed by atoms with van der Waals surface area (Å²) < 4.78 is 15.6. The Balaban J connectivity index is 2.08. The molecular formula is C16H14N2O5. The number of furan rings is 1. The van der Waals surface area contributed by atoms with Crippen LogP contribution in [0.5, 0.6) is 5.75 Å².